The number of hydrogen-bond donors (Lipinski definition) is 1. The average molecular weight is 403 g/mol. The highest BCUT2D eigenvalue weighted by Crippen LogP contribution is 2.27. The summed E-state index contributed by atoms with van der Waals surface area (Å²) in [7, 11) is 1.81. The summed E-state index contributed by atoms with van der Waals surface area (Å²) in [5.41, 5.74) is 4.50. The van der Waals surface area contributed by atoms with Gasteiger partial charge >= 0.3 is 0 Å². The molecule has 2 aromatic heterocycles. The number of nitrogens with zero attached hydrogens (tertiary/aromatic N) is 3. The molecule has 1 N–H and O–H groups in total. The van der Waals surface area contributed by atoms with E-state index in [9.17, 15) is 4.79 Å². The Bertz CT molecular complexity index is 965. The maximum absolute atomic E-state index is 12.2. The second-order valence-corrected chi connectivity index (χ2v) is 6.86. The number of carbonyl (C=O) groups excluding carboxylic acids is 1. The second kappa shape index (κ2) is 6.84. The van der Waals surface area contributed by atoms with Crippen molar-refractivity contribution in [3.63, 3.8) is 0 Å². The molecule has 2 heterocycles. The third-order valence-corrected chi connectivity index (χ3v) is 4.74. The number of nitrogens with one attached hydrogen (secondary N) is 1. The van der Waals surface area contributed by atoms with Crippen molar-refractivity contribution in [3.05, 3.63) is 45.6 Å². The van der Waals surface area contributed by atoms with Crippen molar-refractivity contribution in [2.75, 3.05) is 11.9 Å². The summed E-state index contributed by atoms with van der Waals surface area (Å²) in [5, 5.41) is 7.99. The normalized spacial score (nSPS) is 10.9. The number of anilines is 1. The molecule has 25 heavy (non-hydrogen) atoms. The largest absolute Gasteiger partial charge is 0.466 e. The van der Waals surface area contributed by atoms with Crippen molar-refractivity contribution < 1.29 is 9.53 Å². The Labute approximate surface area is 154 Å². The third-order valence-electron chi connectivity index (χ3n) is 3.88. The Balaban J connectivity index is 1.74. The second-order valence-electron chi connectivity index (χ2n) is 6.01. The van der Waals surface area contributed by atoms with Crippen LogP contribution >= 0.6 is 15.9 Å². The summed E-state index contributed by atoms with van der Waals surface area (Å²) in [6.45, 7) is 5.79. The zero-order chi connectivity index (χ0) is 18.1. The summed E-state index contributed by atoms with van der Waals surface area (Å²) in [5.74, 6) is 0.176. The molecule has 1 amide bonds. The van der Waals surface area contributed by atoms with Crippen LogP contribution in [0.25, 0.3) is 11.0 Å². The van der Waals surface area contributed by atoms with Crippen molar-refractivity contribution in [2.24, 2.45) is 7.05 Å². The highest BCUT2D eigenvalue weighted by molar-refractivity contribution is 9.10. The molecular weight excluding hydrogens is 384 g/mol. The van der Waals surface area contributed by atoms with E-state index >= 15 is 0 Å². The van der Waals surface area contributed by atoms with E-state index in [0.717, 1.165) is 32.3 Å². The standard InChI is InChI=1S/C18H19BrN4O2/c1-10-5-6-13(8-14(10)19)21-15(24)9-25-18-16-11(2)7-12(3)20-17(16)23(4)22-18/h5-8H,9H2,1-4H3,(H,21,24). The Hall–Kier alpha value is -2.41. The third kappa shape index (κ3) is 3.66. The van der Waals surface area contributed by atoms with E-state index in [2.05, 4.69) is 31.3 Å². The van der Waals surface area contributed by atoms with Crippen LogP contribution in [0.4, 0.5) is 5.69 Å². The van der Waals surface area contributed by atoms with Crippen molar-refractivity contribution in [1.29, 1.82) is 0 Å². The van der Waals surface area contributed by atoms with Gasteiger partial charge in [-0.05, 0) is 50.1 Å². The zero-order valence-corrected chi connectivity index (χ0v) is 16.1. The van der Waals surface area contributed by atoms with Gasteiger partial charge in [-0.15, -0.1) is 5.10 Å². The number of fused-ring (bicyclic) bond motifs is 1. The van der Waals surface area contributed by atoms with Crippen molar-refractivity contribution in [2.45, 2.75) is 20.8 Å². The van der Waals surface area contributed by atoms with Crippen molar-refractivity contribution in [3.8, 4) is 5.88 Å². The van der Waals surface area contributed by atoms with Gasteiger partial charge in [0.15, 0.2) is 12.3 Å². The predicted molar refractivity (Wildman–Crippen MR) is 101 cm³/mol. The molecule has 6 nitrogen and oxygen atoms in total. The predicted octanol–water partition coefficient (Wildman–Crippen LogP) is 3.67. The summed E-state index contributed by atoms with van der Waals surface area (Å²) in [6, 6.07) is 7.62. The van der Waals surface area contributed by atoms with E-state index in [1.807, 2.05) is 52.1 Å². The minimum absolute atomic E-state index is 0.120. The first-order valence-electron chi connectivity index (χ1n) is 7.85. The molecule has 3 rings (SSSR count). The topological polar surface area (TPSA) is 69.0 Å². The van der Waals surface area contributed by atoms with E-state index in [4.69, 9.17) is 4.74 Å². The number of benzene rings is 1. The van der Waals surface area contributed by atoms with Crippen LogP contribution in [-0.4, -0.2) is 27.3 Å². The minimum Gasteiger partial charge on any atom is -0.466 e. The number of rotatable bonds is 4. The molecule has 0 aliphatic carbocycles. The molecule has 0 atom stereocenters. The molecule has 0 spiro atoms. The van der Waals surface area contributed by atoms with Crippen LogP contribution in [0.5, 0.6) is 5.88 Å². The number of carbonyl (C=O) groups is 1. The highest BCUT2D eigenvalue weighted by atomic mass is 79.9. The molecule has 0 saturated heterocycles. The fourth-order valence-corrected chi connectivity index (χ4v) is 3.03. The van der Waals surface area contributed by atoms with Crippen molar-refractivity contribution >= 4 is 38.6 Å². The van der Waals surface area contributed by atoms with Gasteiger partial charge in [-0.1, -0.05) is 22.0 Å². The van der Waals surface area contributed by atoms with Crippen LogP contribution in [0, 0.1) is 20.8 Å². The zero-order valence-electron chi connectivity index (χ0n) is 14.6. The Morgan fingerprint density at radius 3 is 2.72 bits per heavy atom. The van der Waals surface area contributed by atoms with E-state index in [1.165, 1.54) is 0 Å². The number of ether oxygens (including phenoxy) is 1. The molecule has 0 unspecified atom stereocenters. The van der Waals surface area contributed by atoms with Crippen LogP contribution in [-0.2, 0) is 11.8 Å². The fourth-order valence-electron chi connectivity index (χ4n) is 2.65. The molecular formula is C18H19BrN4O2. The lowest BCUT2D eigenvalue weighted by Gasteiger charge is -2.08. The molecule has 0 radical (unpaired) electrons. The van der Waals surface area contributed by atoms with Gasteiger partial charge in [0.2, 0.25) is 5.88 Å². The highest BCUT2D eigenvalue weighted by Gasteiger charge is 2.15. The van der Waals surface area contributed by atoms with Crippen molar-refractivity contribution in [1.82, 2.24) is 14.8 Å². The molecule has 0 fully saturated rings. The lowest BCUT2D eigenvalue weighted by Crippen LogP contribution is -2.20. The molecule has 1 aromatic carbocycles. The first-order valence-corrected chi connectivity index (χ1v) is 8.64. The molecule has 130 valence electrons. The minimum atomic E-state index is -0.243. The maximum Gasteiger partial charge on any atom is 0.262 e. The maximum atomic E-state index is 12.2. The monoisotopic (exact) mass is 402 g/mol. The first kappa shape index (κ1) is 17.4. The van der Waals surface area contributed by atoms with E-state index in [1.54, 1.807) is 4.68 Å². The molecule has 3 aromatic rings. The Kier molecular flexibility index (Phi) is 4.76. The molecule has 0 aliphatic heterocycles. The van der Waals surface area contributed by atoms with Gasteiger partial charge in [0.05, 0.1) is 5.39 Å². The van der Waals surface area contributed by atoms with Gasteiger partial charge in [0, 0.05) is 22.9 Å². The van der Waals surface area contributed by atoms with E-state index < -0.39 is 0 Å². The number of amides is 1. The van der Waals surface area contributed by atoms with Gasteiger partial charge < -0.3 is 10.1 Å². The van der Waals surface area contributed by atoms with Crippen LogP contribution in [0.3, 0.4) is 0 Å². The molecule has 0 saturated carbocycles. The number of halogens is 1. The van der Waals surface area contributed by atoms with Gasteiger partial charge in [0.25, 0.3) is 5.91 Å². The summed E-state index contributed by atoms with van der Waals surface area (Å²) < 4.78 is 8.26. The van der Waals surface area contributed by atoms with Crippen LogP contribution < -0.4 is 10.1 Å². The summed E-state index contributed by atoms with van der Waals surface area (Å²) in [4.78, 5) is 16.6. The Morgan fingerprint density at radius 1 is 1.24 bits per heavy atom. The van der Waals surface area contributed by atoms with Crippen LogP contribution in [0.1, 0.15) is 16.8 Å². The molecule has 0 aliphatic rings. The number of aryl methyl sites for hydroxylation is 4. The number of aromatic nitrogens is 3. The smallest absolute Gasteiger partial charge is 0.262 e. The van der Waals surface area contributed by atoms with E-state index in [0.29, 0.717) is 11.6 Å². The van der Waals surface area contributed by atoms with Gasteiger partial charge in [-0.2, -0.15) is 0 Å². The lowest BCUT2D eigenvalue weighted by atomic mass is 10.2. The van der Waals surface area contributed by atoms with Gasteiger partial charge in [-0.3, -0.25) is 4.79 Å². The SMILES string of the molecule is Cc1cc(C)c2c(OCC(=O)Nc3ccc(C)c(Br)c3)nn(C)c2n1. The first-order chi connectivity index (χ1) is 11.8. The summed E-state index contributed by atoms with van der Waals surface area (Å²) >= 11 is 3.45. The number of pyridine rings is 1. The lowest BCUT2D eigenvalue weighted by molar-refractivity contribution is -0.118. The van der Waals surface area contributed by atoms with Crippen LogP contribution in [0.2, 0.25) is 0 Å². The summed E-state index contributed by atoms with van der Waals surface area (Å²) in [6.07, 6.45) is 0. The van der Waals surface area contributed by atoms with Gasteiger partial charge in [-0.25, -0.2) is 9.67 Å². The number of hydrogen-bond acceptors (Lipinski definition) is 4. The molecule has 7 heteroatoms. The Morgan fingerprint density at radius 2 is 2.00 bits per heavy atom. The quantitative estimate of drug-likeness (QED) is 0.722. The van der Waals surface area contributed by atoms with E-state index in [-0.39, 0.29) is 12.5 Å². The van der Waals surface area contributed by atoms with Gasteiger partial charge in [0.1, 0.15) is 0 Å². The molecule has 0 bridgehead atoms. The average Bonchev–Trinajstić information content (AvgIpc) is 2.85. The van der Waals surface area contributed by atoms with Crippen LogP contribution in [0.15, 0.2) is 28.7 Å². The fraction of sp³-hybridized carbons (Fsp3) is 0.278.